The van der Waals surface area contributed by atoms with E-state index < -0.39 is 17.7 Å². The largest absolute Gasteiger partial charge is 0.468 e. The number of carbonyl (C=O) groups is 2. The predicted molar refractivity (Wildman–Crippen MR) is 114 cm³/mol. The highest BCUT2D eigenvalue weighted by molar-refractivity contribution is 5.98. The summed E-state index contributed by atoms with van der Waals surface area (Å²) in [5.74, 6) is 3.94. The topological polar surface area (TPSA) is 61.8 Å². The van der Waals surface area contributed by atoms with E-state index >= 15 is 0 Å². The van der Waals surface area contributed by atoms with Gasteiger partial charge in [0.1, 0.15) is 11.7 Å². The molecule has 0 saturated carbocycles. The number of hydrogen-bond acceptors (Lipinski definition) is 5. The van der Waals surface area contributed by atoms with E-state index in [9.17, 15) is 9.59 Å². The van der Waals surface area contributed by atoms with Crippen molar-refractivity contribution in [2.45, 2.75) is 77.9 Å². The van der Waals surface area contributed by atoms with Crippen molar-refractivity contribution < 1.29 is 23.8 Å². The molecule has 29 heavy (non-hydrogen) atoms. The number of unbranched alkanes of at least 4 members (excludes halogenated alkanes) is 1. The van der Waals surface area contributed by atoms with Gasteiger partial charge in [0, 0.05) is 19.3 Å². The molecular formula is C24H36O5. The zero-order chi connectivity index (χ0) is 21.5. The lowest BCUT2D eigenvalue weighted by molar-refractivity contribution is -0.157. The van der Waals surface area contributed by atoms with Crippen molar-refractivity contribution in [2.75, 3.05) is 20.3 Å². The minimum absolute atomic E-state index is 0.112. The fraction of sp³-hybridized carbons (Fsp3) is 0.667. The maximum Gasteiger partial charge on any atom is 0.316 e. The fourth-order valence-corrected chi connectivity index (χ4v) is 3.21. The van der Waals surface area contributed by atoms with E-state index in [2.05, 4.69) is 30.9 Å². The maximum atomic E-state index is 12.5. The minimum Gasteiger partial charge on any atom is -0.468 e. The van der Waals surface area contributed by atoms with Crippen LogP contribution in [0.2, 0.25) is 0 Å². The SMILES string of the molecule is CC#CCC/C=C(\C)CC/C=C/CCC(C(=O)CCC1(C)OCCO1)C(=O)OC. The Morgan fingerprint density at radius 1 is 1.14 bits per heavy atom. The van der Waals surface area contributed by atoms with Gasteiger partial charge in [-0.2, -0.15) is 0 Å². The molecule has 0 aliphatic carbocycles. The number of allylic oxidation sites excluding steroid dienone is 4. The van der Waals surface area contributed by atoms with E-state index in [-0.39, 0.29) is 12.2 Å². The molecule has 5 heteroatoms. The first-order chi connectivity index (χ1) is 13.9. The number of ether oxygens (including phenoxy) is 3. The predicted octanol–water partition coefficient (Wildman–Crippen LogP) is 4.75. The van der Waals surface area contributed by atoms with Crippen molar-refractivity contribution in [1.29, 1.82) is 0 Å². The van der Waals surface area contributed by atoms with Gasteiger partial charge in [-0.15, -0.1) is 11.8 Å². The minimum atomic E-state index is -0.726. The lowest BCUT2D eigenvalue weighted by Gasteiger charge is -2.22. The van der Waals surface area contributed by atoms with Crippen LogP contribution in [0.25, 0.3) is 0 Å². The van der Waals surface area contributed by atoms with Gasteiger partial charge >= 0.3 is 5.97 Å². The number of methoxy groups -OCH3 is 1. The number of esters is 1. The second-order valence-electron chi connectivity index (χ2n) is 7.48. The molecule has 0 bridgehead atoms. The Morgan fingerprint density at radius 3 is 2.48 bits per heavy atom. The molecule has 0 N–H and O–H groups in total. The summed E-state index contributed by atoms with van der Waals surface area (Å²) in [6, 6.07) is 0. The summed E-state index contributed by atoms with van der Waals surface area (Å²) in [5, 5.41) is 0. The number of carbonyl (C=O) groups excluding carboxylic acids is 2. The van der Waals surface area contributed by atoms with Crippen LogP contribution >= 0.6 is 0 Å². The first kappa shape index (κ1) is 25.1. The summed E-state index contributed by atoms with van der Waals surface area (Å²) in [6.07, 6.45) is 12.1. The molecule has 1 aliphatic rings. The monoisotopic (exact) mass is 404 g/mol. The van der Waals surface area contributed by atoms with Crippen LogP contribution in [-0.2, 0) is 23.8 Å². The van der Waals surface area contributed by atoms with E-state index in [0.717, 1.165) is 25.7 Å². The third-order valence-electron chi connectivity index (χ3n) is 5.03. The standard InChI is InChI=1S/C24H36O5/c1-5-6-7-10-13-20(2)14-11-8-9-12-15-21(23(26)27-4)22(25)16-17-24(3)28-18-19-29-24/h8-9,13,21H,7,10-12,14-19H2,1-4H3/b9-8+,20-13+. The Kier molecular flexibility index (Phi) is 12.3. The lowest BCUT2D eigenvalue weighted by atomic mass is 9.93. The zero-order valence-corrected chi connectivity index (χ0v) is 18.4. The van der Waals surface area contributed by atoms with Gasteiger partial charge in [0.15, 0.2) is 5.79 Å². The van der Waals surface area contributed by atoms with Gasteiger partial charge in [0.25, 0.3) is 0 Å². The van der Waals surface area contributed by atoms with Gasteiger partial charge in [0.2, 0.25) is 0 Å². The Bertz CT molecular complexity index is 629. The van der Waals surface area contributed by atoms with Gasteiger partial charge in [-0.05, 0) is 52.9 Å². The summed E-state index contributed by atoms with van der Waals surface area (Å²) in [5.41, 5.74) is 1.36. The van der Waals surface area contributed by atoms with Crippen LogP contribution in [0.4, 0.5) is 0 Å². The Labute approximate surface area is 175 Å². The second kappa shape index (κ2) is 14.1. The van der Waals surface area contributed by atoms with Gasteiger partial charge < -0.3 is 14.2 Å². The van der Waals surface area contributed by atoms with Crippen molar-refractivity contribution in [3.05, 3.63) is 23.8 Å². The second-order valence-corrected chi connectivity index (χ2v) is 7.48. The van der Waals surface area contributed by atoms with E-state index in [1.165, 1.54) is 12.7 Å². The number of hydrogen-bond donors (Lipinski definition) is 0. The van der Waals surface area contributed by atoms with E-state index in [4.69, 9.17) is 14.2 Å². The Hall–Kier alpha value is -1.90. The summed E-state index contributed by atoms with van der Waals surface area (Å²) in [7, 11) is 1.32. The summed E-state index contributed by atoms with van der Waals surface area (Å²) < 4.78 is 15.9. The van der Waals surface area contributed by atoms with Crippen molar-refractivity contribution in [3.63, 3.8) is 0 Å². The molecule has 1 fully saturated rings. The molecule has 1 aliphatic heterocycles. The molecule has 0 spiro atoms. The highest BCUT2D eigenvalue weighted by Crippen LogP contribution is 2.26. The number of ketones is 1. The maximum absolute atomic E-state index is 12.5. The fourth-order valence-electron chi connectivity index (χ4n) is 3.21. The molecule has 0 radical (unpaired) electrons. The van der Waals surface area contributed by atoms with Crippen LogP contribution in [0.1, 0.15) is 72.1 Å². The molecule has 1 heterocycles. The Balaban J connectivity index is 2.37. The molecular weight excluding hydrogens is 368 g/mol. The summed E-state index contributed by atoms with van der Waals surface area (Å²) in [6.45, 7) is 6.90. The average molecular weight is 405 g/mol. The van der Waals surface area contributed by atoms with Gasteiger partial charge in [-0.3, -0.25) is 9.59 Å². The lowest BCUT2D eigenvalue weighted by Crippen LogP contribution is -2.30. The third kappa shape index (κ3) is 10.4. The van der Waals surface area contributed by atoms with Gasteiger partial charge in [-0.25, -0.2) is 0 Å². The normalized spacial score (nSPS) is 17.0. The highest BCUT2D eigenvalue weighted by Gasteiger charge is 2.34. The summed E-state index contributed by atoms with van der Waals surface area (Å²) >= 11 is 0. The van der Waals surface area contributed by atoms with Crippen LogP contribution in [-0.4, -0.2) is 37.9 Å². The molecule has 0 aromatic heterocycles. The van der Waals surface area contributed by atoms with Crippen LogP contribution in [0.3, 0.4) is 0 Å². The number of Topliss-reactive ketones (excluding diaryl/α,β-unsaturated/α-hetero) is 1. The third-order valence-corrected chi connectivity index (χ3v) is 5.03. The molecule has 1 atom stereocenters. The van der Waals surface area contributed by atoms with E-state index in [1.807, 2.05) is 19.9 Å². The first-order valence-electron chi connectivity index (χ1n) is 10.5. The van der Waals surface area contributed by atoms with Gasteiger partial charge in [0.05, 0.1) is 20.3 Å². The molecule has 0 aromatic carbocycles. The molecule has 0 amide bonds. The van der Waals surface area contributed by atoms with Crippen molar-refractivity contribution >= 4 is 11.8 Å². The highest BCUT2D eigenvalue weighted by atomic mass is 16.7. The van der Waals surface area contributed by atoms with Crippen LogP contribution in [0, 0.1) is 17.8 Å². The first-order valence-corrected chi connectivity index (χ1v) is 10.5. The quantitative estimate of drug-likeness (QED) is 0.146. The smallest absolute Gasteiger partial charge is 0.316 e. The molecule has 1 saturated heterocycles. The zero-order valence-electron chi connectivity index (χ0n) is 18.4. The van der Waals surface area contributed by atoms with E-state index in [0.29, 0.717) is 32.5 Å². The van der Waals surface area contributed by atoms with Crippen molar-refractivity contribution in [3.8, 4) is 11.8 Å². The van der Waals surface area contributed by atoms with Crippen LogP contribution in [0.15, 0.2) is 23.8 Å². The van der Waals surface area contributed by atoms with Crippen LogP contribution < -0.4 is 0 Å². The van der Waals surface area contributed by atoms with Gasteiger partial charge in [-0.1, -0.05) is 23.8 Å². The summed E-state index contributed by atoms with van der Waals surface area (Å²) in [4.78, 5) is 24.6. The number of rotatable bonds is 13. The van der Waals surface area contributed by atoms with Crippen LogP contribution in [0.5, 0.6) is 0 Å². The molecule has 1 unspecified atom stereocenters. The average Bonchev–Trinajstić information content (AvgIpc) is 3.15. The molecule has 5 nitrogen and oxygen atoms in total. The van der Waals surface area contributed by atoms with Crippen molar-refractivity contribution in [1.82, 2.24) is 0 Å². The Morgan fingerprint density at radius 2 is 1.83 bits per heavy atom. The molecule has 162 valence electrons. The molecule has 1 rings (SSSR count). The van der Waals surface area contributed by atoms with E-state index in [1.54, 1.807) is 0 Å². The molecule has 0 aromatic rings. The van der Waals surface area contributed by atoms with Crippen molar-refractivity contribution in [2.24, 2.45) is 5.92 Å².